The van der Waals surface area contributed by atoms with Gasteiger partial charge in [-0.15, -0.1) is 0 Å². The number of aryl methyl sites for hydroxylation is 1. The van der Waals surface area contributed by atoms with Crippen molar-refractivity contribution in [2.24, 2.45) is 0 Å². The number of nitrogens with zero attached hydrogens (tertiary/aromatic N) is 4. The smallest absolute Gasteiger partial charge is 0.154 e. The average Bonchev–Trinajstić information content (AvgIpc) is 2.80. The largest absolute Gasteiger partial charge is 0.352 e. The van der Waals surface area contributed by atoms with Crippen LogP contribution in [0.2, 0.25) is 0 Å². The van der Waals surface area contributed by atoms with E-state index in [2.05, 4.69) is 37.0 Å². The minimum absolute atomic E-state index is 0.599. The van der Waals surface area contributed by atoms with Crippen molar-refractivity contribution >= 4 is 27.3 Å². The fourth-order valence-corrected chi connectivity index (χ4v) is 3.49. The van der Waals surface area contributed by atoms with Crippen LogP contribution >= 0.6 is 15.9 Å². The van der Waals surface area contributed by atoms with Gasteiger partial charge in [0.25, 0.3) is 0 Å². The highest BCUT2D eigenvalue weighted by Crippen LogP contribution is 2.28. The van der Waals surface area contributed by atoms with Gasteiger partial charge in [-0.3, -0.25) is 0 Å². The second kappa shape index (κ2) is 5.49. The summed E-state index contributed by atoms with van der Waals surface area (Å²) in [6.07, 6.45) is 8.81. The number of hydrogen-bond acceptors (Lipinski definition) is 3. The molecule has 19 heavy (non-hydrogen) atoms. The van der Waals surface area contributed by atoms with E-state index in [9.17, 15) is 0 Å². The minimum atomic E-state index is 0.599. The van der Waals surface area contributed by atoms with E-state index in [1.165, 1.54) is 25.7 Å². The van der Waals surface area contributed by atoms with Gasteiger partial charge in [0, 0.05) is 30.3 Å². The van der Waals surface area contributed by atoms with Crippen LogP contribution in [0.15, 0.2) is 18.5 Å². The van der Waals surface area contributed by atoms with Crippen molar-refractivity contribution in [1.82, 2.24) is 14.6 Å². The predicted molar refractivity (Wildman–Crippen MR) is 81.1 cm³/mol. The highest BCUT2D eigenvalue weighted by Gasteiger charge is 2.24. The average molecular weight is 323 g/mol. The Balaban J connectivity index is 2.01. The van der Waals surface area contributed by atoms with Gasteiger partial charge < -0.3 is 4.90 Å². The second-order valence-corrected chi connectivity index (χ2v) is 5.98. The quantitative estimate of drug-likeness (QED) is 0.814. The zero-order valence-electron chi connectivity index (χ0n) is 11.2. The number of fused-ring (bicyclic) bond motifs is 1. The van der Waals surface area contributed by atoms with E-state index in [4.69, 9.17) is 0 Å². The molecule has 4 nitrogen and oxygen atoms in total. The van der Waals surface area contributed by atoms with Crippen molar-refractivity contribution in [2.75, 3.05) is 16.8 Å². The van der Waals surface area contributed by atoms with Gasteiger partial charge in [0.2, 0.25) is 0 Å². The van der Waals surface area contributed by atoms with Crippen molar-refractivity contribution < 1.29 is 0 Å². The van der Waals surface area contributed by atoms with E-state index in [1.807, 2.05) is 23.8 Å². The molecule has 0 amide bonds. The highest BCUT2D eigenvalue weighted by atomic mass is 79.9. The molecule has 0 aliphatic carbocycles. The number of halogens is 1. The van der Waals surface area contributed by atoms with Gasteiger partial charge in [-0.1, -0.05) is 15.9 Å². The Bertz CT molecular complexity index is 564. The van der Waals surface area contributed by atoms with Crippen molar-refractivity contribution in [3.8, 4) is 0 Å². The van der Waals surface area contributed by atoms with Gasteiger partial charge in [-0.05, 0) is 38.7 Å². The molecule has 0 radical (unpaired) electrons. The summed E-state index contributed by atoms with van der Waals surface area (Å²) in [7, 11) is 0. The van der Waals surface area contributed by atoms with E-state index in [-0.39, 0.29) is 0 Å². The monoisotopic (exact) mass is 322 g/mol. The molecule has 1 fully saturated rings. The first kappa shape index (κ1) is 12.9. The Morgan fingerprint density at radius 3 is 3.16 bits per heavy atom. The Kier molecular flexibility index (Phi) is 3.73. The molecule has 0 spiro atoms. The summed E-state index contributed by atoms with van der Waals surface area (Å²) >= 11 is 3.57. The summed E-state index contributed by atoms with van der Waals surface area (Å²) in [4.78, 5) is 7.10. The summed E-state index contributed by atoms with van der Waals surface area (Å²) in [5.41, 5.74) is 2.17. The van der Waals surface area contributed by atoms with Crippen LogP contribution in [0, 0.1) is 6.92 Å². The topological polar surface area (TPSA) is 33.4 Å². The first-order valence-electron chi connectivity index (χ1n) is 6.93. The van der Waals surface area contributed by atoms with Gasteiger partial charge in [-0.25, -0.2) is 9.50 Å². The lowest BCUT2D eigenvalue weighted by Crippen LogP contribution is -2.40. The van der Waals surface area contributed by atoms with Crippen LogP contribution in [0.4, 0.5) is 5.82 Å². The van der Waals surface area contributed by atoms with E-state index in [0.717, 1.165) is 28.9 Å². The molecule has 1 aliphatic heterocycles. The molecule has 102 valence electrons. The lowest BCUT2D eigenvalue weighted by Gasteiger charge is -2.36. The van der Waals surface area contributed by atoms with Crippen LogP contribution in [-0.4, -0.2) is 32.5 Å². The number of anilines is 1. The minimum Gasteiger partial charge on any atom is -0.352 e. The van der Waals surface area contributed by atoms with Gasteiger partial charge >= 0.3 is 0 Å². The normalized spacial score (nSPS) is 20.1. The van der Waals surface area contributed by atoms with Crippen molar-refractivity contribution in [3.05, 3.63) is 24.2 Å². The van der Waals surface area contributed by atoms with Crippen LogP contribution in [0.25, 0.3) is 5.52 Å². The zero-order valence-corrected chi connectivity index (χ0v) is 12.8. The Morgan fingerprint density at radius 1 is 1.42 bits per heavy atom. The van der Waals surface area contributed by atoms with Gasteiger partial charge in [-0.2, -0.15) is 5.10 Å². The Labute approximate surface area is 121 Å². The molecule has 1 atom stereocenters. The summed E-state index contributed by atoms with van der Waals surface area (Å²) < 4.78 is 1.94. The molecule has 3 rings (SSSR count). The van der Waals surface area contributed by atoms with Crippen LogP contribution in [-0.2, 0) is 0 Å². The van der Waals surface area contributed by atoms with Gasteiger partial charge in [0.1, 0.15) is 5.52 Å². The molecule has 0 N–H and O–H groups in total. The second-order valence-electron chi connectivity index (χ2n) is 5.19. The molecule has 2 aromatic heterocycles. The lowest BCUT2D eigenvalue weighted by molar-refractivity contribution is 0.450. The number of rotatable bonds is 3. The number of hydrogen-bond donors (Lipinski definition) is 0. The van der Waals surface area contributed by atoms with Crippen molar-refractivity contribution in [1.29, 1.82) is 0 Å². The van der Waals surface area contributed by atoms with Gasteiger partial charge in [0.15, 0.2) is 5.82 Å². The van der Waals surface area contributed by atoms with Crippen LogP contribution < -0.4 is 4.90 Å². The number of aromatic nitrogens is 3. The first-order valence-corrected chi connectivity index (χ1v) is 8.05. The van der Waals surface area contributed by atoms with Crippen molar-refractivity contribution in [3.63, 3.8) is 0 Å². The molecule has 3 heterocycles. The summed E-state index contributed by atoms with van der Waals surface area (Å²) in [6.45, 7) is 3.14. The molecule has 1 saturated heterocycles. The molecule has 0 bridgehead atoms. The van der Waals surface area contributed by atoms with Gasteiger partial charge in [0.05, 0.1) is 5.69 Å². The molecule has 1 unspecified atom stereocenters. The van der Waals surface area contributed by atoms with E-state index in [0.29, 0.717) is 6.04 Å². The third-order valence-electron chi connectivity index (χ3n) is 3.83. The highest BCUT2D eigenvalue weighted by molar-refractivity contribution is 9.09. The first-order chi connectivity index (χ1) is 9.29. The lowest BCUT2D eigenvalue weighted by atomic mass is 10.00. The summed E-state index contributed by atoms with van der Waals surface area (Å²) in [6, 6.07) is 2.73. The van der Waals surface area contributed by atoms with Crippen LogP contribution in [0.1, 0.15) is 31.4 Å². The van der Waals surface area contributed by atoms with Crippen molar-refractivity contribution in [2.45, 2.75) is 38.6 Å². The van der Waals surface area contributed by atoms with Crippen LogP contribution in [0.5, 0.6) is 0 Å². The molecule has 1 aliphatic rings. The third kappa shape index (κ3) is 2.48. The maximum Gasteiger partial charge on any atom is 0.154 e. The molecule has 0 aromatic carbocycles. The molecule has 2 aromatic rings. The fourth-order valence-electron chi connectivity index (χ4n) is 2.96. The number of alkyl halides is 1. The Morgan fingerprint density at radius 2 is 2.32 bits per heavy atom. The fraction of sp³-hybridized carbons (Fsp3) is 0.571. The van der Waals surface area contributed by atoms with E-state index < -0.39 is 0 Å². The van der Waals surface area contributed by atoms with Crippen LogP contribution in [0.3, 0.4) is 0 Å². The molecule has 0 saturated carbocycles. The van der Waals surface area contributed by atoms with E-state index >= 15 is 0 Å². The SMILES string of the molecule is Cc1cc2c(N3CCCCC3CCBr)nccn2n1. The molecule has 5 heteroatoms. The number of piperidine rings is 1. The maximum absolute atomic E-state index is 4.63. The summed E-state index contributed by atoms with van der Waals surface area (Å²) in [5, 5.41) is 5.53. The molecular weight excluding hydrogens is 304 g/mol. The zero-order chi connectivity index (χ0) is 13.2. The predicted octanol–water partition coefficient (Wildman–Crippen LogP) is 3.18. The summed E-state index contributed by atoms with van der Waals surface area (Å²) in [5.74, 6) is 1.09. The Hall–Kier alpha value is -1.10. The maximum atomic E-state index is 4.63. The standard InChI is InChI=1S/C14H19BrN4/c1-11-10-13-14(16-7-9-19(13)17-11)18-8-3-2-4-12(18)5-6-15/h7,9-10,12H,2-6,8H2,1H3. The molecular formula is C14H19BrN4. The van der Waals surface area contributed by atoms with E-state index in [1.54, 1.807) is 0 Å². The third-order valence-corrected chi connectivity index (χ3v) is 4.29.